The summed E-state index contributed by atoms with van der Waals surface area (Å²) < 4.78 is 10.3. The molecule has 2 bridgehead atoms. The van der Waals surface area contributed by atoms with Crippen molar-refractivity contribution in [2.45, 2.75) is 50.7 Å². The highest BCUT2D eigenvalue weighted by Gasteiger charge is 2.41. The summed E-state index contributed by atoms with van der Waals surface area (Å²) in [6.45, 7) is 1.58. The zero-order chi connectivity index (χ0) is 31.0. The summed E-state index contributed by atoms with van der Waals surface area (Å²) in [5, 5.41) is 1.09. The molecule has 5 heterocycles. The van der Waals surface area contributed by atoms with Crippen LogP contribution in [0.4, 0.5) is 0 Å². The third-order valence-electron chi connectivity index (χ3n) is 10.2. The molecule has 5 aromatic rings. The number of ether oxygens (including phenoxy) is 1. The fourth-order valence-corrected chi connectivity index (χ4v) is 7.58. The van der Waals surface area contributed by atoms with Gasteiger partial charge in [0.1, 0.15) is 17.0 Å². The molecule has 2 aliphatic carbocycles. The van der Waals surface area contributed by atoms with Gasteiger partial charge >= 0.3 is 0 Å². The Kier molecular flexibility index (Phi) is 6.46. The first-order valence-electron chi connectivity index (χ1n) is 15.8. The van der Waals surface area contributed by atoms with Crippen molar-refractivity contribution in [1.82, 2.24) is 24.0 Å². The Balaban J connectivity index is 1.25. The molecule has 2 saturated heterocycles. The molecule has 4 aliphatic rings. The smallest absolute Gasteiger partial charge is 0.267 e. The number of carbonyl (C=O) groups excluding carboxylic acids is 2. The van der Waals surface area contributed by atoms with E-state index < -0.39 is 5.91 Å². The first-order chi connectivity index (χ1) is 21.8. The van der Waals surface area contributed by atoms with Gasteiger partial charge in [0.25, 0.3) is 11.8 Å². The number of aromatic nitrogens is 4. The number of aryl methyl sites for hydroxylation is 1. The third kappa shape index (κ3) is 4.58. The van der Waals surface area contributed by atoms with Gasteiger partial charge in [0.05, 0.1) is 23.8 Å². The number of rotatable bonds is 7. The molecule has 10 nitrogen and oxygen atoms in total. The number of methoxy groups -OCH3 is 1. The largest absolute Gasteiger partial charge is 0.494 e. The highest BCUT2D eigenvalue weighted by molar-refractivity contribution is 6.01. The van der Waals surface area contributed by atoms with Crippen LogP contribution in [0.3, 0.4) is 0 Å². The first kappa shape index (κ1) is 27.8. The fourth-order valence-electron chi connectivity index (χ4n) is 7.58. The lowest BCUT2D eigenvalue weighted by atomic mass is 9.76. The molecule has 0 radical (unpaired) electrons. The van der Waals surface area contributed by atoms with Crippen molar-refractivity contribution in [3.63, 3.8) is 0 Å². The van der Waals surface area contributed by atoms with E-state index in [0.717, 1.165) is 70.4 Å². The Morgan fingerprint density at radius 2 is 1.89 bits per heavy atom. The van der Waals surface area contributed by atoms with Crippen LogP contribution in [0.15, 0.2) is 54.7 Å². The molecule has 2 aliphatic heterocycles. The Bertz CT molecular complexity index is 1990. The Hall–Kier alpha value is -4.70. The average molecular weight is 604 g/mol. The van der Waals surface area contributed by atoms with Crippen molar-refractivity contribution in [1.29, 1.82) is 0 Å². The maximum Gasteiger partial charge on any atom is 0.267 e. The van der Waals surface area contributed by atoms with E-state index in [1.165, 1.54) is 12.8 Å². The summed E-state index contributed by atoms with van der Waals surface area (Å²) >= 11 is 0. The number of imidazole rings is 1. The lowest BCUT2D eigenvalue weighted by Crippen LogP contribution is -2.58. The molecule has 4 fully saturated rings. The quantitative estimate of drug-likeness (QED) is 0.276. The van der Waals surface area contributed by atoms with Gasteiger partial charge in [-0.3, -0.25) is 14.6 Å². The molecule has 2 aromatic carbocycles. The number of fused-ring (bicyclic) bond motifs is 5. The van der Waals surface area contributed by atoms with Crippen molar-refractivity contribution >= 4 is 33.8 Å². The summed E-state index contributed by atoms with van der Waals surface area (Å²) in [4.78, 5) is 37.0. The van der Waals surface area contributed by atoms with E-state index in [-0.39, 0.29) is 23.7 Å². The molecule has 0 unspecified atom stereocenters. The van der Waals surface area contributed by atoms with Gasteiger partial charge in [-0.1, -0.05) is 24.3 Å². The van der Waals surface area contributed by atoms with Gasteiger partial charge in [0, 0.05) is 60.5 Å². The second kappa shape index (κ2) is 10.4. The van der Waals surface area contributed by atoms with Crippen molar-refractivity contribution in [3.05, 3.63) is 66.0 Å². The molecule has 0 spiro atoms. The second-order valence-electron chi connectivity index (χ2n) is 13.0. The van der Waals surface area contributed by atoms with Gasteiger partial charge in [-0.05, 0) is 68.2 Å². The summed E-state index contributed by atoms with van der Waals surface area (Å²) in [6, 6.07) is 16.2. The van der Waals surface area contributed by atoms with Gasteiger partial charge in [-0.25, -0.2) is 4.98 Å². The van der Waals surface area contributed by atoms with Crippen LogP contribution in [-0.4, -0.2) is 61.6 Å². The molecule has 2 amide bonds. The first-order valence-corrected chi connectivity index (χ1v) is 15.8. The van der Waals surface area contributed by atoms with Gasteiger partial charge in [-0.15, -0.1) is 0 Å². The topological polar surface area (TPSA) is 134 Å². The van der Waals surface area contributed by atoms with Gasteiger partial charge in [0.2, 0.25) is 0 Å². The number of nitrogens with two attached hydrogens (primary N) is 2. The number of carbonyl (C=O) groups is 2. The number of amides is 2. The molecule has 2 saturated carbocycles. The highest BCUT2D eigenvalue weighted by Crippen LogP contribution is 2.41. The molecule has 3 aromatic heterocycles. The molecule has 10 heteroatoms. The minimum Gasteiger partial charge on any atom is -0.494 e. The van der Waals surface area contributed by atoms with E-state index in [9.17, 15) is 9.59 Å². The normalized spacial score (nSPS) is 21.1. The predicted octanol–water partition coefficient (Wildman–Crippen LogP) is 4.73. The summed E-state index contributed by atoms with van der Waals surface area (Å²) in [7, 11) is 3.65. The van der Waals surface area contributed by atoms with Crippen LogP contribution in [-0.2, 0) is 13.6 Å². The van der Waals surface area contributed by atoms with Crippen molar-refractivity contribution in [2.75, 3.05) is 13.7 Å². The molecular formula is C35H37N7O3. The molecule has 3 atom stereocenters. The molecule has 4 N–H and O–H groups in total. The monoisotopic (exact) mass is 603 g/mol. The van der Waals surface area contributed by atoms with E-state index in [0.29, 0.717) is 29.7 Å². The minimum atomic E-state index is -0.548. The van der Waals surface area contributed by atoms with Crippen LogP contribution in [0.2, 0.25) is 0 Å². The highest BCUT2D eigenvalue weighted by atomic mass is 16.5. The Labute approximate surface area is 261 Å². The molecule has 45 heavy (non-hydrogen) atoms. The zero-order valence-electron chi connectivity index (χ0n) is 25.6. The van der Waals surface area contributed by atoms with Crippen LogP contribution in [0.1, 0.15) is 53.0 Å². The Morgan fingerprint density at radius 3 is 2.56 bits per heavy atom. The van der Waals surface area contributed by atoms with E-state index in [4.69, 9.17) is 21.2 Å². The lowest BCUT2D eigenvalue weighted by molar-refractivity contribution is 0.0261. The number of para-hydroxylation sites is 1. The van der Waals surface area contributed by atoms with Crippen molar-refractivity contribution in [2.24, 2.45) is 30.4 Å². The maximum atomic E-state index is 13.9. The number of primary amides is 1. The van der Waals surface area contributed by atoms with Crippen LogP contribution < -0.4 is 16.2 Å². The number of pyridine rings is 1. The molecule has 9 rings (SSSR count). The van der Waals surface area contributed by atoms with Gasteiger partial charge in [-0.2, -0.15) is 0 Å². The standard InChI is InChI=1S/C35H37N7O3/c1-40-32-28(12-23(14-30(32)45-2)35(44)41-18-22-8-10-24(41)15-26(22)36)39-34(40)29-13-20-4-3-5-25(31(20)42(29)17-19-6-7-19)21-9-11-27(33(37)43)38-16-21/h3-5,9,11-14,16,19,22,24,26H,6-8,10,15,17-18,36H2,1-2H3,(H2,37,43)/t22-,24-,26+/m1/s1. The van der Waals surface area contributed by atoms with Gasteiger partial charge in [0.15, 0.2) is 5.82 Å². The number of benzene rings is 2. The minimum absolute atomic E-state index is 0.0208. The van der Waals surface area contributed by atoms with Crippen LogP contribution in [0, 0.1) is 11.8 Å². The summed E-state index contributed by atoms with van der Waals surface area (Å²) in [5.74, 6) is 1.87. The fraction of sp³-hybridized carbons (Fsp3) is 0.371. The number of hydrogen-bond acceptors (Lipinski definition) is 6. The maximum absolute atomic E-state index is 13.9. The van der Waals surface area contributed by atoms with Crippen molar-refractivity contribution < 1.29 is 14.3 Å². The van der Waals surface area contributed by atoms with Crippen LogP contribution >= 0.6 is 0 Å². The van der Waals surface area contributed by atoms with E-state index in [1.54, 1.807) is 19.4 Å². The van der Waals surface area contributed by atoms with Crippen molar-refractivity contribution in [3.8, 4) is 28.4 Å². The summed E-state index contributed by atoms with van der Waals surface area (Å²) in [5.41, 5.74) is 18.3. The van der Waals surface area contributed by atoms with E-state index >= 15 is 0 Å². The predicted molar refractivity (Wildman–Crippen MR) is 173 cm³/mol. The molecular weight excluding hydrogens is 566 g/mol. The number of piperidine rings is 2. The molecule has 230 valence electrons. The third-order valence-corrected chi connectivity index (χ3v) is 10.2. The van der Waals surface area contributed by atoms with E-state index in [2.05, 4.69) is 32.3 Å². The van der Waals surface area contributed by atoms with Crippen LogP contribution in [0.25, 0.3) is 44.6 Å². The second-order valence-corrected chi connectivity index (χ2v) is 13.0. The number of nitrogens with zero attached hydrogens (tertiary/aromatic N) is 5. The average Bonchev–Trinajstić information content (AvgIpc) is 3.72. The lowest BCUT2D eigenvalue weighted by Gasteiger charge is -2.48. The zero-order valence-corrected chi connectivity index (χ0v) is 25.6. The van der Waals surface area contributed by atoms with Crippen LogP contribution in [0.5, 0.6) is 5.75 Å². The van der Waals surface area contributed by atoms with Gasteiger partial charge < -0.3 is 30.2 Å². The SMILES string of the molecule is COc1cc(C(=O)N2C[C@H]3CC[C@@H]2C[C@@H]3N)cc2nc(-c3cc4cccc(-c5ccc(C(N)=O)nc5)c4n3CC3CC3)n(C)c12. The number of hydrogen-bond donors (Lipinski definition) is 2. The Morgan fingerprint density at radius 1 is 1.04 bits per heavy atom. The van der Waals surface area contributed by atoms with E-state index in [1.807, 2.05) is 36.2 Å². The summed E-state index contributed by atoms with van der Waals surface area (Å²) in [6.07, 6.45) is 7.07.